The van der Waals surface area contributed by atoms with E-state index >= 15 is 0 Å². The van der Waals surface area contributed by atoms with Crippen LogP contribution in [-0.2, 0) is 0 Å². The highest BCUT2D eigenvalue weighted by atomic mass is 16.2. The average molecular weight is 143 g/mol. The molecule has 4 nitrogen and oxygen atoms in total. The molecule has 0 heterocycles. The Hall–Kier alpha value is -1.03. The van der Waals surface area contributed by atoms with Crippen LogP contribution in [0.3, 0.4) is 0 Å². The van der Waals surface area contributed by atoms with Crippen LogP contribution in [0, 0.1) is 0 Å². The van der Waals surface area contributed by atoms with E-state index in [2.05, 4.69) is 0 Å². The Balaban J connectivity index is 3.95. The van der Waals surface area contributed by atoms with Gasteiger partial charge in [0.15, 0.2) is 0 Å². The molecule has 0 rings (SSSR count). The molecule has 0 saturated heterocycles. The first-order valence-corrected chi connectivity index (χ1v) is 2.97. The molecule has 0 aliphatic rings. The summed E-state index contributed by atoms with van der Waals surface area (Å²) in [7, 11) is 3.15. The van der Waals surface area contributed by atoms with Crippen LogP contribution in [0.15, 0.2) is 12.3 Å². The number of hydrazine groups is 1. The van der Waals surface area contributed by atoms with Gasteiger partial charge in [-0.05, 0) is 6.92 Å². The van der Waals surface area contributed by atoms with Crippen molar-refractivity contribution in [3.05, 3.63) is 12.3 Å². The van der Waals surface area contributed by atoms with E-state index in [1.807, 2.05) is 6.92 Å². The summed E-state index contributed by atoms with van der Waals surface area (Å²) in [6.45, 7) is 1.83. The summed E-state index contributed by atoms with van der Waals surface area (Å²) >= 11 is 0. The van der Waals surface area contributed by atoms with E-state index in [0.29, 0.717) is 0 Å². The van der Waals surface area contributed by atoms with Crippen LogP contribution in [0.25, 0.3) is 0 Å². The van der Waals surface area contributed by atoms with Crippen molar-refractivity contribution >= 4 is 6.03 Å². The molecule has 0 aliphatic heterocycles. The largest absolute Gasteiger partial charge is 0.337 e. The zero-order valence-electron chi connectivity index (χ0n) is 6.53. The Labute approximate surface area is 60.9 Å². The van der Waals surface area contributed by atoms with E-state index in [-0.39, 0.29) is 6.03 Å². The normalized spacial score (nSPS) is 10.0. The second-order valence-corrected chi connectivity index (χ2v) is 1.99. The lowest BCUT2D eigenvalue weighted by atomic mass is 10.6. The highest BCUT2D eigenvalue weighted by Crippen LogP contribution is 1.88. The summed E-state index contributed by atoms with van der Waals surface area (Å²) in [4.78, 5) is 12.3. The maximum atomic E-state index is 10.9. The number of allylic oxidation sites excluding steroid dienone is 1. The van der Waals surface area contributed by atoms with Gasteiger partial charge in [-0.25, -0.2) is 10.6 Å². The Morgan fingerprint density at radius 2 is 2.00 bits per heavy atom. The van der Waals surface area contributed by atoms with Gasteiger partial charge in [0, 0.05) is 20.3 Å². The predicted molar refractivity (Wildman–Crippen MR) is 39.9 cm³/mol. The van der Waals surface area contributed by atoms with Gasteiger partial charge in [0.25, 0.3) is 0 Å². The molecule has 0 unspecified atom stereocenters. The number of nitrogens with zero attached hydrogens (tertiary/aromatic N) is 2. The summed E-state index contributed by atoms with van der Waals surface area (Å²) in [5, 5.41) is 1.03. The van der Waals surface area contributed by atoms with Crippen molar-refractivity contribution in [2.75, 3.05) is 14.1 Å². The smallest absolute Gasteiger partial charge is 0.303 e. The fourth-order valence-electron chi connectivity index (χ4n) is 0.536. The molecule has 0 bridgehead atoms. The van der Waals surface area contributed by atoms with Crippen LogP contribution in [-0.4, -0.2) is 30.0 Å². The van der Waals surface area contributed by atoms with Crippen molar-refractivity contribution in [2.45, 2.75) is 6.92 Å². The molecular weight excluding hydrogens is 130 g/mol. The molecule has 58 valence electrons. The van der Waals surface area contributed by atoms with Gasteiger partial charge in [-0.15, -0.1) is 0 Å². The lowest BCUT2D eigenvalue weighted by Crippen LogP contribution is -2.40. The molecule has 0 aromatic carbocycles. The first-order chi connectivity index (χ1) is 4.59. The summed E-state index contributed by atoms with van der Waals surface area (Å²) in [5.74, 6) is 5.18. The van der Waals surface area contributed by atoms with Gasteiger partial charge in [0.1, 0.15) is 0 Å². The highest BCUT2D eigenvalue weighted by Gasteiger charge is 2.06. The van der Waals surface area contributed by atoms with Gasteiger partial charge in [-0.1, -0.05) is 6.08 Å². The molecule has 0 aromatic heterocycles. The summed E-state index contributed by atoms with van der Waals surface area (Å²) < 4.78 is 0. The van der Waals surface area contributed by atoms with Crippen LogP contribution < -0.4 is 5.84 Å². The Kier molecular flexibility index (Phi) is 3.49. The van der Waals surface area contributed by atoms with Gasteiger partial charge < -0.3 is 4.90 Å². The quantitative estimate of drug-likeness (QED) is 0.327. The summed E-state index contributed by atoms with van der Waals surface area (Å²) in [6, 6.07) is -0.238. The molecule has 0 atom stereocenters. The topological polar surface area (TPSA) is 49.6 Å². The zero-order chi connectivity index (χ0) is 8.15. The van der Waals surface area contributed by atoms with E-state index in [0.717, 1.165) is 5.01 Å². The number of hydrogen-bond donors (Lipinski definition) is 1. The average Bonchev–Trinajstić information content (AvgIpc) is 1.87. The van der Waals surface area contributed by atoms with Gasteiger partial charge in [0.05, 0.1) is 0 Å². The maximum absolute atomic E-state index is 10.9. The van der Waals surface area contributed by atoms with Crippen LogP contribution in [0.4, 0.5) is 4.79 Å². The predicted octanol–water partition coefficient (Wildman–Crippen LogP) is 0.377. The lowest BCUT2D eigenvalue weighted by Gasteiger charge is -2.16. The van der Waals surface area contributed by atoms with Crippen LogP contribution in [0.1, 0.15) is 6.92 Å². The molecule has 10 heavy (non-hydrogen) atoms. The van der Waals surface area contributed by atoms with E-state index in [1.165, 1.54) is 11.9 Å². The molecule has 0 radical (unpaired) electrons. The van der Waals surface area contributed by atoms with Crippen molar-refractivity contribution in [1.29, 1.82) is 0 Å². The highest BCUT2D eigenvalue weighted by molar-refractivity contribution is 5.74. The molecule has 0 aliphatic carbocycles. The van der Waals surface area contributed by atoms with E-state index in [4.69, 9.17) is 5.84 Å². The Morgan fingerprint density at radius 3 is 2.30 bits per heavy atom. The number of nitrogens with two attached hydrogens (primary N) is 1. The molecular formula is C6H13N3O. The maximum Gasteiger partial charge on any atom is 0.337 e. The fourth-order valence-corrected chi connectivity index (χ4v) is 0.536. The molecule has 4 heteroatoms. The first-order valence-electron chi connectivity index (χ1n) is 2.97. The first kappa shape index (κ1) is 8.97. The minimum Gasteiger partial charge on any atom is -0.303 e. The second kappa shape index (κ2) is 3.90. The van der Waals surface area contributed by atoms with Gasteiger partial charge >= 0.3 is 6.03 Å². The monoisotopic (exact) mass is 143 g/mol. The molecule has 2 N–H and O–H groups in total. The minimum atomic E-state index is -0.238. The third-order valence-electron chi connectivity index (χ3n) is 0.976. The number of urea groups is 1. The fraction of sp³-hybridized carbons (Fsp3) is 0.500. The third-order valence-corrected chi connectivity index (χ3v) is 0.976. The molecule has 0 spiro atoms. The van der Waals surface area contributed by atoms with Crippen molar-refractivity contribution in [2.24, 2.45) is 5.84 Å². The Morgan fingerprint density at radius 1 is 1.50 bits per heavy atom. The second-order valence-electron chi connectivity index (χ2n) is 1.99. The molecule has 2 amide bonds. The molecule has 0 aromatic rings. The number of carbonyl (C=O) groups is 1. The number of amides is 2. The zero-order valence-corrected chi connectivity index (χ0v) is 6.53. The number of hydrogen-bond acceptors (Lipinski definition) is 2. The third kappa shape index (κ3) is 2.50. The van der Waals surface area contributed by atoms with Crippen molar-refractivity contribution in [3.8, 4) is 0 Å². The number of carbonyl (C=O) groups excluding carboxylic acids is 1. The van der Waals surface area contributed by atoms with Crippen LogP contribution in [0.2, 0.25) is 0 Å². The van der Waals surface area contributed by atoms with Gasteiger partial charge in [0.2, 0.25) is 0 Å². The summed E-state index contributed by atoms with van der Waals surface area (Å²) in [6.07, 6.45) is 3.41. The van der Waals surface area contributed by atoms with Crippen molar-refractivity contribution < 1.29 is 4.79 Å². The van der Waals surface area contributed by atoms with Crippen LogP contribution in [0.5, 0.6) is 0 Å². The standard InChI is InChI=1S/C6H13N3O/c1-4-5-8(2)6(10)9(3)7/h4-5H,7H2,1-3H3. The SMILES string of the molecule is CC=CN(C)C(=O)N(C)N. The number of rotatable bonds is 1. The van der Waals surface area contributed by atoms with E-state index in [9.17, 15) is 4.79 Å². The lowest BCUT2D eigenvalue weighted by molar-refractivity contribution is 0.188. The van der Waals surface area contributed by atoms with E-state index < -0.39 is 0 Å². The van der Waals surface area contributed by atoms with E-state index in [1.54, 1.807) is 19.3 Å². The molecule has 0 saturated carbocycles. The van der Waals surface area contributed by atoms with Gasteiger partial charge in [-0.2, -0.15) is 0 Å². The van der Waals surface area contributed by atoms with Crippen LogP contribution >= 0.6 is 0 Å². The van der Waals surface area contributed by atoms with Crippen molar-refractivity contribution in [3.63, 3.8) is 0 Å². The van der Waals surface area contributed by atoms with Crippen molar-refractivity contribution in [1.82, 2.24) is 9.91 Å². The van der Waals surface area contributed by atoms with Gasteiger partial charge in [-0.3, -0.25) is 5.01 Å². The Bertz CT molecular complexity index is 142. The minimum absolute atomic E-state index is 0.238. The summed E-state index contributed by atoms with van der Waals surface area (Å²) in [5.41, 5.74) is 0. The molecule has 0 fully saturated rings.